The first-order chi connectivity index (χ1) is 17.3. The Morgan fingerprint density at radius 3 is 2.88 bits per heavy atom. The molecule has 1 nitrogen and oxygen atoms in total. The second kappa shape index (κ2) is 7.16. The van der Waals surface area contributed by atoms with Crippen LogP contribution in [0.5, 0.6) is 0 Å². The number of hydrogen-bond acceptors (Lipinski definition) is 1. The molecule has 1 heterocycles. The lowest BCUT2D eigenvalue weighted by Crippen LogP contribution is -2.39. The molecular weight excluding hydrogens is 398 g/mol. The minimum Gasteiger partial charge on any atom is -0.255 e. The highest BCUT2D eigenvalue weighted by Gasteiger charge is 2.50. The summed E-state index contributed by atoms with van der Waals surface area (Å²) >= 11 is 0. The smallest absolute Gasteiger partial charge is 0.0780 e. The van der Waals surface area contributed by atoms with Crippen LogP contribution in [0, 0.1) is 24.1 Å². The van der Waals surface area contributed by atoms with E-state index in [1.54, 1.807) is 17.2 Å². The summed E-state index contributed by atoms with van der Waals surface area (Å²) in [6.45, 7) is 0.428. The van der Waals surface area contributed by atoms with E-state index in [4.69, 9.17) is 4.11 Å². The molecule has 2 fully saturated rings. The van der Waals surface area contributed by atoms with E-state index in [1.807, 2.05) is 6.07 Å². The van der Waals surface area contributed by atoms with Crippen LogP contribution in [0.3, 0.4) is 0 Å². The van der Waals surface area contributed by atoms with Crippen LogP contribution >= 0.6 is 0 Å². The fourth-order valence-electron chi connectivity index (χ4n) is 7.95. The van der Waals surface area contributed by atoms with E-state index in [1.165, 1.54) is 67.7 Å². The van der Waals surface area contributed by atoms with Crippen molar-refractivity contribution in [2.75, 3.05) is 0 Å². The maximum absolute atomic E-state index is 7.73. The van der Waals surface area contributed by atoms with Gasteiger partial charge < -0.3 is 0 Å². The molecule has 1 heteroatoms. The molecule has 3 aromatic carbocycles. The molecule has 1 aromatic heterocycles. The van der Waals surface area contributed by atoms with Crippen molar-refractivity contribution in [3.8, 4) is 11.1 Å². The quantitative estimate of drug-likeness (QED) is 0.273. The first kappa shape index (κ1) is 16.9. The Morgan fingerprint density at radius 1 is 0.970 bits per heavy atom. The number of aromatic nitrogens is 1. The maximum Gasteiger partial charge on any atom is 0.0780 e. The lowest BCUT2D eigenvalue weighted by molar-refractivity contribution is 0.0599. The molecular formula is C32H33N. The zero-order valence-corrected chi connectivity index (χ0v) is 19.4. The standard InChI is InChI=1S/C32H33N/c1-20-17-23-10-12-26-24(5-3-6-29(26)31(23)33-19-20)21-8-11-25-22(18-21)9-13-28-27(25)14-16-32(2)15-4-7-30(28)32/h3,5-6,8,10-12,17-19,27-28,30H,4,7,9,13-16H2,1-2H3/t27-,28-,30+,32+/m1/s1/i1D3. The monoisotopic (exact) mass is 434 g/mol. The van der Waals surface area contributed by atoms with Gasteiger partial charge in [-0.15, -0.1) is 0 Å². The predicted molar refractivity (Wildman–Crippen MR) is 139 cm³/mol. The zero-order valence-electron chi connectivity index (χ0n) is 22.4. The van der Waals surface area contributed by atoms with Crippen LogP contribution in [0.4, 0.5) is 0 Å². The van der Waals surface area contributed by atoms with Gasteiger partial charge >= 0.3 is 0 Å². The zero-order chi connectivity index (χ0) is 24.7. The van der Waals surface area contributed by atoms with E-state index in [9.17, 15) is 0 Å². The van der Waals surface area contributed by atoms with Gasteiger partial charge in [0.25, 0.3) is 0 Å². The van der Waals surface area contributed by atoms with E-state index in [2.05, 4.69) is 54.4 Å². The lowest BCUT2D eigenvalue weighted by Gasteiger charge is -2.49. The summed E-state index contributed by atoms with van der Waals surface area (Å²) in [7, 11) is 0. The van der Waals surface area contributed by atoms with Crippen molar-refractivity contribution in [3.63, 3.8) is 0 Å². The van der Waals surface area contributed by atoms with Gasteiger partial charge in [-0.2, -0.15) is 0 Å². The fourth-order valence-corrected chi connectivity index (χ4v) is 7.95. The molecule has 33 heavy (non-hydrogen) atoms. The number of fused-ring (bicyclic) bond motifs is 8. The largest absolute Gasteiger partial charge is 0.255 e. The number of rotatable bonds is 1. The summed E-state index contributed by atoms with van der Waals surface area (Å²) in [5.74, 6) is 2.54. The Balaban J connectivity index is 1.28. The topological polar surface area (TPSA) is 12.9 Å². The van der Waals surface area contributed by atoms with Crippen LogP contribution in [-0.4, -0.2) is 4.98 Å². The van der Waals surface area contributed by atoms with Crippen molar-refractivity contribution in [2.45, 2.75) is 64.6 Å². The lowest BCUT2D eigenvalue weighted by atomic mass is 9.56. The number of aryl methyl sites for hydroxylation is 2. The minimum atomic E-state index is -2.14. The number of benzene rings is 3. The highest BCUT2D eigenvalue weighted by molar-refractivity contribution is 6.10. The van der Waals surface area contributed by atoms with Gasteiger partial charge in [0.15, 0.2) is 0 Å². The van der Waals surface area contributed by atoms with Gasteiger partial charge in [-0.05, 0) is 108 Å². The second-order valence-corrected chi connectivity index (χ2v) is 11.2. The van der Waals surface area contributed by atoms with Gasteiger partial charge in [0, 0.05) is 21.1 Å². The molecule has 3 aliphatic rings. The molecule has 0 spiro atoms. The van der Waals surface area contributed by atoms with Crippen molar-refractivity contribution >= 4 is 21.7 Å². The van der Waals surface area contributed by atoms with Crippen molar-refractivity contribution in [2.24, 2.45) is 17.3 Å². The molecule has 0 unspecified atom stereocenters. The van der Waals surface area contributed by atoms with Crippen molar-refractivity contribution < 1.29 is 4.11 Å². The Kier molecular flexibility index (Phi) is 3.66. The normalized spacial score (nSPS) is 30.2. The average Bonchev–Trinajstić information content (AvgIpc) is 3.28. The Morgan fingerprint density at radius 2 is 1.94 bits per heavy atom. The summed E-state index contributed by atoms with van der Waals surface area (Å²) in [4.78, 5) is 4.60. The molecule has 0 saturated heterocycles. The summed E-state index contributed by atoms with van der Waals surface area (Å²) in [5, 5.41) is 3.13. The molecule has 0 radical (unpaired) electrons. The molecule has 4 aromatic rings. The van der Waals surface area contributed by atoms with E-state index in [0.29, 0.717) is 11.0 Å². The third kappa shape index (κ3) is 2.94. The third-order valence-electron chi connectivity index (χ3n) is 9.53. The molecule has 0 bridgehead atoms. The second-order valence-electron chi connectivity index (χ2n) is 11.2. The van der Waals surface area contributed by atoms with E-state index in [0.717, 1.165) is 34.0 Å². The van der Waals surface area contributed by atoms with Gasteiger partial charge in [-0.25, -0.2) is 0 Å². The summed E-state index contributed by atoms with van der Waals surface area (Å²) in [6.07, 6.45) is 11.1. The third-order valence-corrected chi connectivity index (χ3v) is 9.53. The first-order valence-corrected chi connectivity index (χ1v) is 12.8. The molecule has 4 atom stereocenters. The Hall–Kier alpha value is -2.67. The van der Waals surface area contributed by atoms with Crippen LogP contribution in [-0.2, 0) is 6.42 Å². The number of nitrogens with zero attached hydrogens (tertiary/aromatic N) is 1. The van der Waals surface area contributed by atoms with Crippen LogP contribution in [0.25, 0.3) is 32.8 Å². The van der Waals surface area contributed by atoms with Gasteiger partial charge in [0.2, 0.25) is 0 Å². The van der Waals surface area contributed by atoms with Gasteiger partial charge in [0.05, 0.1) is 5.52 Å². The van der Waals surface area contributed by atoms with Gasteiger partial charge in [0.1, 0.15) is 0 Å². The molecule has 166 valence electrons. The Labute approximate surface area is 201 Å². The summed E-state index contributed by atoms with van der Waals surface area (Å²) in [5.41, 5.74) is 7.43. The highest BCUT2D eigenvalue weighted by atomic mass is 14.7. The van der Waals surface area contributed by atoms with E-state index < -0.39 is 6.85 Å². The maximum atomic E-state index is 7.73. The highest BCUT2D eigenvalue weighted by Crippen LogP contribution is 2.60. The van der Waals surface area contributed by atoms with Crippen LogP contribution in [0.15, 0.2) is 60.8 Å². The predicted octanol–water partition coefficient (Wildman–Crippen LogP) is 8.61. The summed E-state index contributed by atoms with van der Waals surface area (Å²) < 4.78 is 23.2. The molecule has 2 saturated carbocycles. The molecule has 0 aliphatic heterocycles. The average molecular weight is 435 g/mol. The van der Waals surface area contributed by atoms with Crippen LogP contribution in [0.2, 0.25) is 0 Å². The van der Waals surface area contributed by atoms with Crippen LogP contribution < -0.4 is 0 Å². The van der Waals surface area contributed by atoms with Gasteiger partial charge in [-0.3, -0.25) is 4.98 Å². The van der Waals surface area contributed by atoms with Crippen molar-refractivity contribution in [1.29, 1.82) is 0 Å². The van der Waals surface area contributed by atoms with Crippen molar-refractivity contribution in [3.05, 3.63) is 77.5 Å². The summed E-state index contributed by atoms with van der Waals surface area (Å²) in [6, 6.07) is 19.6. The molecule has 7 rings (SSSR count). The number of hydrogen-bond donors (Lipinski definition) is 0. The SMILES string of the molecule is [2H]C([2H])([2H])c1cnc2c(ccc3c(-c4ccc5c(c4)CC[C@@H]4[C@@H]5CC[C@]5(C)CCC[C@@H]45)cccc32)c1. The molecule has 3 aliphatic carbocycles. The number of pyridine rings is 1. The fraction of sp³-hybridized carbons (Fsp3) is 0.406. The van der Waals surface area contributed by atoms with Crippen molar-refractivity contribution in [1.82, 2.24) is 4.98 Å². The van der Waals surface area contributed by atoms with Gasteiger partial charge in [-0.1, -0.05) is 61.9 Å². The molecule has 0 amide bonds. The van der Waals surface area contributed by atoms with Crippen LogP contribution in [0.1, 0.15) is 72.2 Å². The van der Waals surface area contributed by atoms with E-state index in [-0.39, 0.29) is 0 Å². The minimum absolute atomic E-state index is 0.291. The first-order valence-electron chi connectivity index (χ1n) is 14.3. The van der Waals surface area contributed by atoms with E-state index >= 15 is 0 Å². The molecule has 0 N–H and O–H groups in total. The Bertz CT molecular complexity index is 1500.